The van der Waals surface area contributed by atoms with E-state index < -0.39 is 5.82 Å². The number of anilines is 3. The first-order valence-corrected chi connectivity index (χ1v) is 16.2. The van der Waals surface area contributed by atoms with Crippen molar-refractivity contribution in [1.82, 2.24) is 14.9 Å². The molecule has 232 valence electrons. The van der Waals surface area contributed by atoms with Crippen molar-refractivity contribution in [2.45, 2.75) is 63.6 Å². The highest BCUT2D eigenvalue weighted by Crippen LogP contribution is 2.59. The second kappa shape index (κ2) is 12.3. The third-order valence-electron chi connectivity index (χ3n) is 10.1. The lowest BCUT2D eigenvalue weighted by Gasteiger charge is -2.30. The first-order valence-electron chi connectivity index (χ1n) is 15.8. The van der Waals surface area contributed by atoms with Crippen LogP contribution in [0.2, 0.25) is 5.02 Å². The number of allylic oxidation sites excluding steroid dienone is 1. The van der Waals surface area contributed by atoms with E-state index in [0.29, 0.717) is 69.9 Å². The van der Waals surface area contributed by atoms with Crippen molar-refractivity contribution in [1.29, 1.82) is 0 Å². The van der Waals surface area contributed by atoms with Gasteiger partial charge in [0.05, 0.1) is 35.0 Å². The smallest absolute Gasteiger partial charge is 0.248 e. The molecular formula is C34H39ClFN5O3. The van der Waals surface area contributed by atoms with Crippen LogP contribution in [0.15, 0.2) is 48.8 Å². The lowest BCUT2D eigenvalue weighted by molar-refractivity contribution is -0.111. The zero-order valence-electron chi connectivity index (χ0n) is 25.0. The fourth-order valence-corrected chi connectivity index (χ4v) is 7.53. The number of rotatable bonds is 9. The van der Waals surface area contributed by atoms with Gasteiger partial charge in [0.25, 0.3) is 0 Å². The van der Waals surface area contributed by atoms with Gasteiger partial charge in [-0.05, 0) is 119 Å². The molecule has 10 heteroatoms. The van der Waals surface area contributed by atoms with E-state index in [4.69, 9.17) is 21.1 Å². The minimum Gasteiger partial charge on any atom is -0.491 e. The number of piperidine rings is 1. The molecule has 7 rings (SSSR count). The summed E-state index contributed by atoms with van der Waals surface area (Å²) in [5, 5.41) is 6.98. The monoisotopic (exact) mass is 619 g/mol. The van der Waals surface area contributed by atoms with E-state index in [1.54, 1.807) is 12.1 Å². The Balaban J connectivity index is 1.10. The van der Waals surface area contributed by atoms with E-state index in [9.17, 15) is 9.18 Å². The van der Waals surface area contributed by atoms with Crippen LogP contribution in [0.4, 0.5) is 21.6 Å². The van der Waals surface area contributed by atoms with E-state index in [2.05, 4.69) is 32.5 Å². The summed E-state index contributed by atoms with van der Waals surface area (Å²) in [4.78, 5) is 24.5. The first kappa shape index (κ1) is 29.4. The minimum atomic E-state index is -0.494. The van der Waals surface area contributed by atoms with Crippen molar-refractivity contribution in [3.05, 3.63) is 59.7 Å². The number of likely N-dealkylation sites (tertiary alicyclic amines) is 1. The van der Waals surface area contributed by atoms with Crippen LogP contribution in [-0.4, -0.2) is 59.7 Å². The highest BCUT2D eigenvalue weighted by Gasteiger charge is 2.54. The molecule has 8 nitrogen and oxygen atoms in total. The number of benzene rings is 2. The molecule has 2 bridgehead atoms. The van der Waals surface area contributed by atoms with Gasteiger partial charge >= 0.3 is 0 Å². The summed E-state index contributed by atoms with van der Waals surface area (Å²) < 4.78 is 26.2. The topological polar surface area (TPSA) is 88.6 Å². The molecule has 4 heterocycles. The van der Waals surface area contributed by atoms with Crippen LogP contribution in [0, 0.1) is 23.1 Å². The highest BCUT2D eigenvalue weighted by atomic mass is 35.5. The van der Waals surface area contributed by atoms with Crippen molar-refractivity contribution < 1.29 is 18.7 Å². The number of nitrogens with zero attached hydrogens (tertiary/aromatic N) is 3. The Morgan fingerprint density at radius 3 is 2.75 bits per heavy atom. The van der Waals surface area contributed by atoms with Gasteiger partial charge in [0.2, 0.25) is 5.91 Å². The minimum absolute atomic E-state index is 0.0136. The summed E-state index contributed by atoms with van der Waals surface area (Å²) in [6.07, 6.45) is 14.7. The zero-order valence-corrected chi connectivity index (χ0v) is 25.8. The van der Waals surface area contributed by atoms with Crippen LogP contribution in [0.1, 0.15) is 51.4 Å². The van der Waals surface area contributed by atoms with Crippen LogP contribution in [0.25, 0.3) is 10.9 Å². The molecule has 1 aliphatic carbocycles. The Kier molecular flexibility index (Phi) is 8.20. The fourth-order valence-electron chi connectivity index (χ4n) is 7.35. The summed E-state index contributed by atoms with van der Waals surface area (Å²) in [7, 11) is 2.18. The molecule has 3 aromatic rings. The molecule has 3 saturated heterocycles. The van der Waals surface area contributed by atoms with Crippen molar-refractivity contribution in [2.24, 2.45) is 17.3 Å². The summed E-state index contributed by atoms with van der Waals surface area (Å²) in [6.45, 7) is 2.85. The van der Waals surface area contributed by atoms with Crippen LogP contribution in [0.5, 0.6) is 5.75 Å². The molecule has 2 N–H and O–H groups in total. The van der Waals surface area contributed by atoms with E-state index in [1.165, 1.54) is 37.7 Å². The average Bonchev–Trinajstić information content (AvgIpc) is 3.58. The molecule has 1 saturated carbocycles. The van der Waals surface area contributed by atoms with Gasteiger partial charge in [-0.15, -0.1) is 0 Å². The van der Waals surface area contributed by atoms with Crippen LogP contribution < -0.4 is 15.4 Å². The Hall–Kier alpha value is -3.27. The number of fused-ring (bicyclic) bond motifs is 3. The SMILES string of the molecule is CN1CCC2(CC1)CC2COc1cc2ncnc(Nc3ccc(F)c(Cl)c3)c2cc1NC(=O)/C=C/CC1CC2CCC(C1)O2. The second-order valence-corrected chi connectivity index (χ2v) is 13.5. The molecule has 3 atom stereocenters. The second-order valence-electron chi connectivity index (χ2n) is 13.1. The molecule has 4 fully saturated rings. The maximum Gasteiger partial charge on any atom is 0.248 e. The van der Waals surface area contributed by atoms with Gasteiger partial charge in [-0.3, -0.25) is 4.79 Å². The Morgan fingerprint density at radius 1 is 1.18 bits per heavy atom. The quantitative estimate of drug-likeness (QED) is 0.247. The average molecular weight is 620 g/mol. The molecule has 4 aliphatic rings. The maximum absolute atomic E-state index is 13.8. The largest absolute Gasteiger partial charge is 0.491 e. The van der Waals surface area contributed by atoms with Gasteiger partial charge in [-0.25, -0.2) is 14.4 Å². The predicted molar refractivity (Wildman–Crippen MR) is 170 cm³/mol. The maximum atomic E-state index is 13.8. The van der Waals surface area contributed by atoms with E-state index in [1.807, 2.05) is 18.2 Å². The van der Waals surface area contributed by atoms with Crippen molar-refractivity contribution in [3.63, 3.8) is 0 Å². The van der Waals surface area contributed by atoms with E-state index >= 15 is 0 Å². The number of nitrogens with one attached hydrogen (secondary N) is 2. The lowest BCUT2D eigenvalue weighted by Crippen LogP contribution is -2.32. The molecule has 2 aromatic carbocycles. The van der Waals surface area contributed by atoms with Crippen molar-refractivity contribution in [3.8, 4) is 5.75 Å². The number of amides is 1. The molecule has 1 aromatic heterocycles. The third kappa shape index (κ3) is 6.41. The number of aromatic nitrogens is 2. The number of hydrogen-bond acceptors (Lipinski definition) is 7. The molecule has 44 heavy (non-hydrogen) atoms. The van der Waals surface area contributed by atoms with E-state index in [0.717, 1.165) is 45.2 Å². The number of carbonyl (C=O) groups is 1. The van der Waals surface area contributed by atoms with Crippen LogP contribution >= 0.6 is 11.6 Å². The number of halogens is 2. The molecular weight excluding hydrogens is 581 g/mol. The Labute approximate surface area is 262 Å². The lowest BCUT2D eigenvalue weighted by atomic mass is 9.91. The molecule has 3 aliphatic heterocycles. The van der Waals surface area contributed by atoms with Crippen LogP contribution in [-0.2, 0) is 9.53 Å². The summed E-state index contributed by atoms with van der Waals surface area (Å²) in [5.41, 5.74) is 2.20. The van der Waals surface area contributed by atoms with Crippen molar-refractivity contribution >= 4 is 45.6 Å². The highest BCUT2D eigenvalue weighted by molar-refractivity contribution is 6.31. The van der Waals surface area contributed by atoms with Gasteiger partial charge in [0, 0.05) is 17.1 Å². The molecule has 3 unspecified atom stereocenters. The van der Waals surface area contributed by atoms with Gasteiger partial charge in [0.15, 0.2) is 0 Å². The van der Waals surface area contributed by atoms with Crippen molar-refractivity contribution in [2.75, 3.05) is 37.4 Å². The first-order chi connectivity index (χ1) is 21.3. The van der Waals surface area contributed by atoms with Crippen LogP contribution in [0.3, 0.4) is 0 Å². The Bertz CT molecular complexity index is 1560. The number of ether oxygens (including phenoxy) is 2. The third-order valence-corrected chi connectivity index (χ3v) is 10.4. The summed E-state index contributed by atoms with van der Waals surface area (Å²) in [6, 6.07) is 8.11. The summed E-state index contributed by atoms with van der Waals surface area (Å²) in [5.74, 6) is 1.46. The zero-order chi connectivity index (χ0) is 30.3. The number of hydrogen-bond donors (Lipinski definition) is 2. The number of carbonyl (C=O) groups excluding carboxylic acids is 1. The summed E-state index contributed by atoms with van der Waals surface area (Å²) >= 11 is 6.01. The fraction of sp³-hybridized carbons (Fsp3) is 0.500. The van der Waals surface area contributed by atoms with Gasteiger partial charge < -0.3 is 25.0 Å². The molecule has 0 radical (unpaired) electrons. The van der Waals surface area contributed by atoms with Gasteiger partial charge in [-0.2, -0.15) is 0 Å². The van der Waals surface area contributed by atoms with Gasteiger partial charge in [0.1, 0.15) is 23.7 Å². The molecule has 1 amide bonds. The Morgan fingerprint density at radius 2 is 1.98 bits per heavy atom. The van der Waals surface area contributed by atoms with Gasteiger partial charge in [-0.1, -0.05) is 17.7 Å². The normalized spacial score (nSPS) is 25.9. The standard InChI is InChI=1S/C34H39ClFN5O3/c1-41-11-9-34(10-12-41)18-22(34)19-43-31-17-29-26(33(38-20-37-29)39-23-5-8-28(36)27(35)15-23)16-30(31)40-32(42)4-2-3-21-13-24-6-7-25(14-21)44-24/h2,4-5,8,15-17,20-22,24-25H,3,6-7,9-14,18-19H2,1H3,(H,40,42)(H,37,38,39)/b4-2+. The molecule has 1 spiro atoms. The van der Waals surface area contributed by atoms with E-state index in [-0.39, 0.29) is 10.9 Å². The predicted octanol–water partition coefficient (Wildman–Crippen LogP) is 7.12.